The number of sulfonamides is 1. The number of nitrogens with zero attached hydrogens (tertiary/aromatic N) is 4. The minimum atomic E-state index is -3.71. The van der Waals surface area contributed by atoms with E-state index in [2.05, 4.69) is 22.0 Å². The third kappa shape index (κ3) is 5.21. The Morgan fingerprint density at radius 3 is 2.10 bits per heavy atom. The monoisotopic (exact) mass is 574 g/mol. The first-order valence-electron chi connectivity index (χ1n) is 14.4. The highest BCUT2D eigenvalue weighted by molar-refractivity contribution is 7.89. The van der Waals surface area contributed by atoms with E-state index in [4.69, 9.17) is 4.74 Å². The Kier molecular flexibility index (Phi) is 7.28. The average Bonchev–Trinajstić information content (AvgIpc) is 3.42. The molecule has 0 atom stereocenters. The van der Waals surface area contributed by atoms with Crippen LogP contribution in [0, 0.1) is 19.3 Å². The lowest BCUT2D eigenvalue weighted by Crippen LogP contribution is -2.48. The molecule has 0 aliphatic carbocycles. The van der Waals surface area contributed by atoms with Gasteiger partial charge >= 0.3 is 0 Å². The number of fused-ring (bicyclic) bond motifs is 1. The minimum Gasteiger partial charge on any atom is -0.497 e. The number of benzene rings is 2. The van der Waals surface area contributed by atoms with Crippen LogP contribution in [0.2, 0.25) is 0 Å². The van der Waals surface area contributed by atoms with Crippen molar-refractivity contribution in [3.8, 4) is 5.75 Å². The third-order valence-electron chi connectivity index (χ3n) is 9.38. The fraction of sp³-hybridized carbons (Fsp3) is 0.438. The van der Waals surface area contributed by atoms with E-state index in [9.17, 15) is 13.2 Å². The molecule has 0 N–H and O–H groups in total. The Morgan fingerprint density at radius 1 is 0.854 bits per heavy atom. The Hall–Kier alpha value is -3.43. The molecule has 3 aliphatic heterocycles. The molecule has 2 saturated heterocycles. The maximum Gasteiger partial charge on any atom is 0.253 e. The first-order chi connectivity index (χ1) is 19.7. The van der Waals surface area contributed by atoms with Crippen molar-refractivity contribution in [2.75, 3.05) is 38.2 Å². The first kappa shape index (κ1) is 27.7. The number of hydrogen-bond donors (Lipinski definition) is 0. The van der Waals surface area contributed by atoms with Gasteiger partial charge in [0, 0.05) is 62.9 Å². The molecule has 1 spiro atoms. The van der Waals surface area contributed by atoms with Gasteiger partial charge in [0.05, 0.1) is 12.0 Å². The van der Waals surface area contributed by atoms with E-state index >= 15 is 0 Å². The second kappa shape index (κ2) is 10.8. The summed E-state index contributed by atoms with van der Waals surface area (Å²) in [5.74, 6) is 0.686. The molecule has 3 aliphatic rings. The van der Waals surface area contributed by atoms with Gasteiger partial charge < -0.3 is 14.5 Å². The lowest BCUT2D eigenvalue weighted by Gasteiger charge is -2.47. The smallest absolute Gasteiger partial charge is 0.253 e. The number of hydrogen-bond acceptors (Lipinski definition) is 6. The standard InChI is InChI=1S/C32H38N4O4S/c1-23-18-29(40-3)19-24(2)30(23)41(38,39)36-21-26-5-4-25(20-27(26)22-36)31(37)35-16-10-32(11-17-35)8-14-34(15-9-32)28-6-12-33-13-7-28/h4-7,12-13,18-20H,8-11,14-17,21-22H2,1-3H3. The van der Waals surface area contributed by atoms with Crippen LogP contribution in [-0.4, -0.2) is 61.8 Å². The highest BCUT2D eigenvalue weighted by atomic mass is 32.2. The molecule has 0 bridgehead atoms. The van der Waals surface area contributed by atoms with Crippen molar-refractivity contribution in [1.82, 2.24) is 14.2 Å². The number of carbonyl (C=O) groups is 1. The Morgan fingerprint density at radius 2 is 1.46 bits per heavy atom. The van der Waals surface area contributed by atoms with E-state index in [1.165, 1.54) is 9.99 Å². The van der Waals surface area contributed by atoms with Crippen LogP contribution in [-0.2, 0) is 23.1 Å². The van der Waals surface area contributed by atoms with Crippen LogP contribution in [0.4, 0.5) is 5.69 Å². The summed E-state index contributed by atoms with van der Waals surface area (Å²) in [5.41, 5.74) is 5.38. The first-order valence-corrected chi connectivity index (χ1v) is 15.8. The van der Waals surface area contributed by atoms with Gasteiger partial charge in [-0.2, -0.15) is 4.31 Å². The molecule has 1 aromatic heterocycles. The number of aryl methyl sites for hydroxylation is 2. The number of rotatable bonds is 5. The van der Waals surface area contributed by atoms with Crippen LogP contribution in [0.5, 0.6) is 5.75 Å². The Balaban J connectivity index is 1.10. The number of likely N-dealkylation sites (tertiary alicyclic amines) is 1. The third-order valence-corrected chi connectivity index (χ3v) is 11.5. The van der Waals surface area contributed by atoms with Gasteiger partial charge in [-0.25, -0.2) is 8.42 Å². The molecule has 4 heterocycles. The maximum atomic E-state index is 13.7. The molecular formula is C32H38N4O4S. The van der Waals surface area contributed by atoms with Gasteiger partial charge in [-0.3, -0.25) is 9.78 Å². The number of amides is 1. The number of methoxy groups -OCH3 is 1. The molecular weight excluding hydrogens is 536 g/mol. The molecule has 2 aromatic carbocycles. The van der Waals surface area contributed by atoms with Crippen molar-refractivity contribution in [1.29, 1.82) is 0 Å². The quantitative estimate of drug-likeness (QED) is 0.430. The molecule has 41 heavy (non-hydrogen) atoms. The number of ether oxygens (including phenoxy) is 1. The van der Waals surface area contributed by atoms with Gasteiger partial charge in [-0.05, 0) is 104 Å². The van der Waals surface area contributed by atoms with Crippen molar-refractivity contribution in [2.24, 2.45) is 5.41 Å². The van der Waals surface area contributed by atoms with E-state index in [1.807, 2.05) is 35.5 Å². The SMILES string of the molecule is COc1cc(C)c(S(=O)(=O)N2Cc3ccc(C(=O)N4CCC5(CC4)CCN(c4ccncc4)CC5)cc3C2)c(C)c1. The summed E-state index contributed by atoms with van der Waals surface area (Å²) in [5, 5.41) is 0. The summed E-state index contributed by atoms with van der Waals surface area (Å²) in [4.78, 5) is 22.4. The minimum absolute atomic E-state index is 0.0417. The number of aromatic nitrogens is 1. The Labute approximate surface area is 243 Å². The van der Waals surface area contributed by atoms with Gasteiger partial charge in [-0.15, -0.1) is 0 Å². The van der Waals surface area contributed by atoms with Crippen LogP contribution in [0.15, 0.2) is 59.8 Å². The zero-order valence-corrected chi connectivity index (χ0v) is 24.9. The summed E-state index contributed by atoms with van der Waals surface area (Å²) in [6, 6.07) is 13.3. The Bertz CT molecular complexity index is 1530. The van der Waals surface area contributed by atoms with Crippen molar-refractivity contribution < 1.29 is 17.9 Å². The zero-order valence-electron chi connectivity index (χ0n) is 24.1. The molecule has 8 nitrogen and oxygen atoms in total. The number of carbonyl (C=O) groups excluding carboxylic acids is 1. The number of pyridine rings is 1. The molecule has 216 valence electrons. The van der Waals surface area contributed by atoms with Gasteiger partial charge in [0.15, 0.2) is 0 Å². The molecule has 3 aromatic rings. The molecule has 1 amide bonds. The van der Waals surface area contributed by atoms with E-state index in [0.29, 0.717) is 39.3 Å². The van der Waals surface area contributed by atoms with E-state index in [-0.39, 0.29) is 12.5 Å². The second-order valence-corrected chi connectivity index (χ2v) is 13.7. The fourth-order valence-electron chi connectivity index (χ4n) is 6.89. The van der Waals surface area contributed by atoms with Crippen molar-refractivity contribution in [2.45, 2.75) is 57.5 Å². The van der Waals surface area contributed by atoms with Crippen LogP contribution in [0.25, 0.3) is 0 Å². The summed E-state index contributed by atoms with van der Waals surface area (Å²) in [7, 11) is -2.13. The number of anilines is 1. The predicted octanol–water partition coefficient (Wildman–Crippen LogP) is 4.93. The summed E-state index contributed by atoms with van der Waals surface area (Å²) >= 11 is 0. The zero-order chi connectivity index (χ0) is 28.8. The topological polar surface area (TPSA) is 83.0 Å². The lowest BCUT2D eigenvalue weighted by molar-refractivity contribution is 0.0515. The van der Waals surface area contributed by atoms with E-state index < -0.39 is 10.0 Å². The largest absolute Gasteiger partial charge is 0.497 e. The van der Waals surface area contributed by atoms with Crippen molar-refractivity contribution in [3.63, 3.8) is 0 Å². The van der Waals surface area contributed by atoms with Crippen LogP contribution >= 0.6 is 0 Å². The fourth-order valence-corrected chi connectivity index (χ4v) is 8.70. The average molecular weight is 575 g/mol. The van der Waals surface area contributed by atoms with Gasteiger partial charge in [0.25, 0.3) is 5.91 Å². The van der Waals surface area contributed by atoms with E-state index in [0.717, 1.165) is 63.0 Å². The van der Waals surface area contributed by atoms with Crippen LogP contribution in [0.3, 0.4) is 0 Å². The highest BCUT2D eigenvalue weighted by Crippen LogP contribution is 2.42. The van der Waals surface area contributed by atoms with Crippen molar-refractivity contribution in [3.05, 3.63) is 82.7 Å². The van der Waals surface area contributed by atoms with Gasteiger partial charge in [0.1, 0.15) is 5.75 Å². The summed E-state index contributed by atoms with van der Waals surface area (Å²) < 4.78 is 34.1. The highest BCUT2D eigenvalue weighted by Gasteiger charge is 2.39. The molecule has 2 fully saturated rings. The van der Waals surface area contributed by atoms with Crippen molar-refractivity contribution >= 4 is 21.6 Å². The molecule has 0 unspecified atom stereocenters. The number of piperidine rings is 2. The predicted molar refractivity (Wildman–Crippen MR) is 159 cm³/mol. The molecule has 9 heteroatoms. The summed E-state index contributed by atoms with van der Waals surface area (Å²) in [6.07, 6.45) is 8.05. The second-order valence-electron chi connectivity index (χ2n) is 11.8. The van der Waals surface area contributed by atoms with Crippen LogP contribution < -0.4 is 9.64 Å². The molecule has 0 saturated carbocycles. The lowest BCUT2D eigenvalue weighted by atomic mass is 9.71. The van der Waals surface area contributed by atoms with Gasteiger partial charge in [-0.1, -0.05) is 6.07 Å². The van der Waals surface area contributed by atoms with E-state index in [1.54, 1.807) is 33.1 Å². The normalized spacial score (nSPS) is 18.9. The van der Waals surface area contributed by atoms with Crippen LogP contribution in [0.1, 0.15) is 58.3 Å². The molecule has 6 rings (SSSR count). The maximum absolute atomic E-state index is 13.7. The van der Waals surface area contributed by atoms with Gasteiger partial charge in [0.2, 0.25) is 10.0 Å². The summed E-state index contributed by atoms with van der Waals surface area (Å²) in [6.45, 7) is 7.78. The molecule has 0 radical (unpaired) electrons.